The molecule has 1 atom stereocenters. The van der Waals surface area contributed by atoms with Gasteiger partial charge in [0.1, 0.15) is 12.4 Å². The van der Waals surface area contributed by atoms with E-state index in [4.69, 9.17) is 9.16 Å². The van der Waals surface area contributed by atoms with E-state index in [1.54, 1.807) is 0 Å². The van der Waals surface area contributed by atoms with Gasteiger partial charge in [0.05, 0.1) is 6.10 Å². The quantitative estimate of drug-likeness (QED) is 0.497. The molecule has 0 heterocycles. The van der Waals surface area contributed by atoms with Crippen molar-refractivity contribution in [2.24, 2.45) is 5.41 Å². The summed E-state index contributed by atoms with van der Waals surface area (Å²) in [4.78, 5) is 0. The van der Waals surface area contributed by atoms with Gasteiger partial charge in [-0.1, -0.05) is 63.5 Å². The molecule has 0 amide bonds. The maximum absolute atomic E-state index is 6.63. The van der Waals surface area contributed by atoms with Gasteiger partial charge in [-0.15, -0.1) is 0 Å². The average molecular weight is 401 g/mol. The van der Waals surface area contributed by atoms with Gasteiger partial charge in [0, 0.05) is 4.47 Å². The average Bonchev–Trinajstić information content (AvgIpc) is 2.32. The van der Waals surface area contributed by atoms with E-state index in [-0.39, 0.29) is 16.6 Å². The van der Waals surface area contributed by atoms with Gasteiger partial charge in [0.25, 0.3) is 0 Å². The fraction of sp³-hybridized carbons (Fsp3) is 0.684. The summed E-state index contributed by atoms with van der Waals surface area (Å²) in [6.45, 7) is 18.8. The fourth-order valence-electron chi connectivity index (χ4n) is 2.16. The van der Waals surface area contributed by atoms with Crippen molar-refractivity contribution in [1.29, 1.82) is 0 Å². The van der Waals surface area contributed by atoms with Crippen LogP contribution < -0.4 is 4.74 Å². The highest BCUT2D eigenvalue weighted by molar-refractivity contribution is 9.10. The molecule has 1 aromatic carbocycles. The number of hydrogen-bond acceptors (Lipinski definition) is 2. The Labute approximate surface area is 152 Å². The smallest absolute Gasteiger partial charge is 0.192 e. The first-order valence-electron chi connectivity index (χ1n) is 8.36. The van der Waals surface area contributed by atoms with Crippen molar-refractivity contribution < 1.29 is 9.16 Å². The molecule has 23 heavy (non-hydrogen) atoms. The molecule has 0 N–H and O–H groups in total. The van der Waals surface area contributed by atoms with Crippen LogP contribution in [-0.4, -0.2) is 21.0 Å². The summed E-state index contributed by atoms with van der Waals surface area (Å²) in [6.07, 6.45) is 1.11. The van der Waals surface area contributed by atoms with Crippen molar-refractivity contribution >= 4 is 24.2 Å². The third-order valence-electron chi connectivity index (χ3n) is 4.34. The molecule has 0 spiro atoms. The normalized spacial score (nSPS) is 14.7. The largest absolute Gasteiger partial charge is 0.491 e. The number of hydrogen-bond donors (Lipinski definition) is 0. The third kappa shape index (κ3) is 7.40. The van der Waals surface area contributed by atoms with Gasteiger partial charge in [-0.2, -0.15) is 0 Å². The van der Waals surface area contributed by atoms with Gasteiger partial charge in [0.2, 0.25) is 0 Å². The van der Waals surface area contributed by atoms with Crippen molar-refractivity contribution in [3.05, 3.63) is 28.7 Å². The highest BCUT2D eigenvalue weighted by atomic mass is 79.9. The van der Waals surface area contributed by atoms with Gasteiger partial charge >= 0.3 is 0 Å². The van der Waals surface area contributed by atoms with Crippen LogP contribution in [0.5, 0.6) is 5.75 Å². The Hall–Kier alpha value is -0.323. The summed E-state index contributed by atoms with van der Waals surface area (Å²) in [5.41, 5.74) is 0.216. The first-order valence-corrected chi connectivity index (χ1v) is 12.1. The van der Waals surface area contributed by atoms with Crippen LogP contribution in [0.4, 0.5) is 0 Å². The van der Waals surface area contributed by atoms with Crippen LogP contribution in [0.2, 0.25) is 18.1 Å². The second-order valence-electron chi connectivity index (χ2n) is 9.03. The summed E-state index contributed by atoms with van der Waals surface area (Å²) >= 11 is 3.49. The molecule has 2 nitrogen and oxygen atoms in total. The van der Waals surface area contributed by atoms with Gasteiger partial charge in [0.15, 0.2) is 8.32 Å². The van der Waals surface area contributed by atoms with Gasteiger partial charge < -0.3 is 9.16 Å². The molecule has 0 aliphatic heterocycles. The predicted octanol–water partition coefficient (Wildman–Crippen LogP) is 6.65. The molecule has 0 aromatic heterocycles. The third-order valence-corrected chi connectivity index (χ3v) is 9.37. The minimum atomic E-state index is -1.81. The van der Waals surface area contributed by atoms with Crippen LogP contribution in [0.25, 0.3) is 0 Å². The molecule has 0 unspecified atom stereocenters. The molecule has 4 heteroatoms. The van der Waals surface area contributed by atoms with E-state index in [0.29, 0.717) is 6.61 Å². The lowest BCUT2D eigenvalue weighted by atomic mass is 9.89. The van der Waals surface area contributed by atoms with E-state index in [0.717, 1.165) is 16.6 Å². The van der Waals surface area contributed by atoms with E-state index in [1.807, 2.05) is 24.3 Å². The maximum Gasteiger partial charge on any atom is 0.192 e. The Bertz CT molecular complexity index is 501. The summed E-state index contributed by atoms with van der Waals surface area (Å²) < 4.78 is 13.7. The molecular formula is C19H33BrO2Si. The van der Waals surface area contributed by atoms with Crippen LogP contribution in [0.3, 0.4) is 0 Å². The van der Waals surface area contributed by atoms with E-state index in [1.165, 1.54) is 0 Å². The molecule has 132 valence electrons. The monoisotopic (exact) mass is 400 g/mol. The van der Waals surface area contributed by atoms with E-state index in [2.05, 4.69) is 70.6 Å². The molecule has 0 aliphatic carbocycles. The summed E-state index contributed by atoms with van der Waals surface area (Å²) in [5, 5.41) is 0.207. The number of ether oxygens (including phenoxy) is 1. The fourth-order valence-corrected chi connectivity index (χ4v) is 3.87. The minimum Gasteiger partial charge on any atom is -0.491 e. The molecule has 0 fully saturated rings. The summed E-state index contributed by atoms with van der Waals surface area (Å²) in [5.74, 6) is 0.886. The van der Waals surface area contributed by atoms with Crippen LogP contribution in [0.15, 0.2) is 28.7 Å². The Morgan fingerprint density at radius 2 is 1.70 bits per heavy atom. The zero-order valence-corrected chi connectivity index (χ0v) is 18.6. The van der Waals surface area contributed by atoms with Crippen LogP contribution >= 0.6 is 15.9 Å². The standard InChI is InChI=1S/C19H33BrO2Si/c1-18(2,3)13-17(22-23(7,8)19(4,5)6)14-21-16-11-9-10-15(20)12-16/h9-12,17H,13-14H2,1-8H3/t17-/m1/s1. The molecule has 1 aromatic rings. The van der Waals surface area contributed by atoms with E-state index < -0.39 is 8.32 Å². The van der Waals surface area contributed by atoms with Gasteiger partial charge in [-0.05, 0) is 48.2 Å². The van der Waals surface area contributed by atoms with Crippen molar-refractivity contribution in [2.45, 2.75) is 72.2 Å². The second-order valence-corrected chi connectivity index (χ2v) is 14.7. The Morgan fingerprint density at radius 1 is 1.09 bits per heavy atom. The lowest BCUT2D eigenvalue weighted by molar-refractivity contribution is 0.0789. The zero-order chi connectivity index (χ0) is 17.9. The molecule has 0 aliphatic rings. The zero-order valence-electron chi connectivity index (χ0n) is 16.0. The highest BCUT2D eigenvalue weighted by Crippen LogP contribution is 2.38. The van der Waals surface area contributed by atoms with Gasteiger partial charge in [-0.25, -0.2) is 0 Å². The highest BCUT2D eigenvalue weighted by Gasteiger charge is 2.40. The predicted molar refractivity (Wildman–Crippen MR) is 106 cm³/mol. The molecule has 1 rings (SSSR count). The van der Waals surface area contributed by atoms with Crippen LogP contribution in [0, 0.1) is 5.41 Å². The second kappa shape index (κ2) is 7.71. The Balaban J connectivity index is 2.81. The lowest BCUT2D eigenvalue weighted by Gasteiger charge is -2.40. The van der Waals surface area contributed by atoms with Crippen molar-refractivity contribution in [2.75, 3.05) is 6.61 Å². The molecular weight excluding hydrogens is 368 g/mol. The first kappa shape index (κ1) is 20.7. The number of benzene rings is 1. The summed E-state index contributed by atoms with van der Waals surface area (Å²) in [6, 6.07) is 7.99. The summed E-state index contributed by atoms with van der Waals surface area (Å²) in [7, 11) is -1.81. The van der Waals surface area contributed by atoms with Gasteiger partial charge in [-0.3, -0.25) is 0 Å². The Morgan fingerprint density at radius 3 is 2.17 bits per heavy atom. The Kier molecular flexibility index (Phi) is 6.94. The number of halogens is 1. The van der Waals surface area contributed by atoms with E-state index in [9.17, 15) is 0 Å². The van der Waals surface area contributed by atoms with E-state index >= 15 is 0 Å². The topological polar surface area (TPSA) is 18.5 Å². The SMILES string of the molecule is CC(C)(C)C[C@H](COc1cccc(Br)c1)O[Si](C)(C)C(C)(C)C. The maximum atomic E-state index is 6.63. The van der Waals surface area contributed by atoms with Crippen LogP contribution in [-0.2, 0) is 4.43 Å². The lowest BCUT2D eigenvalue weighted by Crippen LogP contribution is -2.46. The van der Waals surface area contributed by atoms with Crippen molar-refractivity contribution in [1.82, 2.24) is 0 Å². The van der Waals surface area contributed by atoms with Crippen molar-refractivity contribution in [3.63, 3.8) is 0 Å². The molecule has 0 saturated carbocycles. The van der Waals surface area contributed by atoms with Crippen LogP contribution in [0.1, 0.15) is 48.0 Å². The minimum absolute atomic E-state index is 0.120. The molecule has 0 bridgehead atoms. The molecule has 0 saturated heterocycles. The molecule has 0 radical (unpaired) electrons. The number of rotatable bonds is 6. The first-order chi connectivity index (χ1) is 10.3. The van der Waals surface area contributed by atoms with Crippen molar-refractivity contribution in [3.8, 4) is 5.75 Å².